The summed E-state index contributed by atoms with van der Waals surface area (Å²) in [5.74, 6) is 1.12. The topological polar surface area (TPSA) is 86.5 Å². The quantitative estimate of drug-likeness (QED) is 0.155. The number of likely N-dealkylation sites (tertiary alicyclic amines) is 1. The molecule has 1 aliphatic heterocycles. The fourth-order valence-corrected chi connectivity index (χ4v) is 5.99. The zero-order chi connectivity index (χ0) is 31.1. The van der Waals surface area contributed by atoms with Gasteiger partial charge < -0.3 is 25.3 Å². The Morgan fingerprint density at radius 1 is 0.932 bits per heavy atom. The van der Waals surface area contributed by atoms with Crippen LogP contribution in [0.15, 0.2) is 84.9 Å². The molecule has 4 aromatic rings. The summed E-state index contributed by atoms with van der Waals surface area (Å²) in [6.07, 6.45) is 2.88. The number of carbonyl (C=O) groups is 2. The summed E-state index contributed by atoms with van der Waals surface area (Å²) in [4.78, 5) is 31.0. The van der Waals surface area contributed by atoms with Crippen molar-refractivity contribution in [3.05, 3.63) is 112 Å². The van der Waals surface area contributed by atoms with Crippen LogP contribution >= 0.6 is 23.2 Å². The normalized spacial score (nSPS) is 14.8. The number of piperidine rings is 1. The van der Waals surface area contributed by atoms with E-state index in [2.05, 4.69) is 32.7 Å². The fourth-order valence-electron chi connectivity index (χ4n) is 5.48. The number of ether oxygens (including phenoxy) is 1. The maximum Gasteiger partial charge on any atom is 0.268 e. The molecule has 3 aromatic carbocycles. The van der Waals surface area contributed by atoms with E-state index < -0.39 is 0 Å². The highest BCUT2D eigenvalue weighted by atomic mass is 35.5. The minimum atomic E-state index is -0.207. The van der Waals surface area contributed by atoms with Crippen LogP contribution in [0, 0.1) is 5.92 Å². The first-order valence-electron chi connectivity index (χ1n) is 15.1. The molecule has 2 heterocycles. The molecule has 1 aliphatic rings. The van der Waals surface area contributed by atoms with Crippen LogP contribution in [-0.2, 0) is 4.79 Å². The number of carbonyl (C=O) groups excluding carboxylic acids is 2. The third-order valence-corrected chi connectivity index (χ3v) is 8.38. The average molecular weight is 634 g/mol. The van der Waals surface area contributed by atoms with E-state index in [4.69, 9.17) is 27.9 Å². The zero-order valence-corrected chi connectivity index (χ0v) is 26.5. The number of amides is 2. The highest BCUT2D eigenvalue weighted by Gasteiger charge is 2.23. The van der Waals surface area contributed by atoms with Crippen molar-refractivity contribution in [1.29, 1.82) is 0 Å². The van der Waals surface area contributed by atoms with E-state index in [-0.39, 0.29) is 23.8 Å². The largest absolute Gasteiger partial charge is 0.441 e. The lowest BCUT2D eigenvalue weighted by molar-refractivity contribution is -0.118. The van der Waals surface area contributed by atoms with E-state index in [1.54, 1.807) is 30.3 Å². The zero-order valence-electron chi connectivity index (χ0n) is 25.0. The molecule has 1 aromatic heterocycles. The summed E-state index contributed by atoms with van der Waals surface area (Å²) in [6.45, 7) is 6.62. The molecule has 3 N–H and O–H groups in total. The Kier molecular flexibility index (Phi) is 10.6. The number of rotatable bonds is 11. The van der Waals surface area contributed by atoms with Gasteiger partial charge in [0.2, 0.25) is 5.91 Å². The van der Waals surface area contributed by atoms with Gasteiger partial charge in [0.05, 0.1) is 6.04 Å². The number of anilines is 1. The van der Waals surface area contributed by atoms with E-state index in [1.807, 2.05) is 56.3 Å². The lowest BCUT2D eigenvalue weighted by atomic mass is 9.89. The molecule has 0 radical (unpaired) electrons. The van der Waals surface area contributed by atoms with Gasteiger partial charge >= 0.3 is 0 Å². The highest BCUT2D eigenvalue weighted by molar-refractivity contribution is 6.34. The summed E-state index contributed by atoms with van der Waals surface area (Å²) < 4.78 is 5.83. The molecule has 2 amide bonds. The number of nitrogens with zero attached hydrogens (tertiary/aromatic N) is 1. The van der Waals surface area contributed by atoms with Crippen LogP contribution in [0.4, 0.5) is 5.69 Å². The monoisotopic (exact) mass is 632 g/mol. The molecular weight excluding hydrogens is 595 g/mol. The number of H-pyrrole nitrogens is 1. The Labute approximate surface area is 268 Å². The number of hydrogen-bond donors (Lipinski definition) is 3. The standard InChI is InChI=1S/C35H38Cl2N4O3/c1-23(2)34(42)38-29-10-6-9-26(19-29)24-13-16-41(17-14-24)18-15-31(25-7-4-3-5-8-25)40-35(43)32-11-12-33(39-32)44-30-21-27(36)20-28(37)22-30/h3-12,19-24,31,39H,13-18H2,1-2H3,(H,38,42)(H,40,43). The highest BCUT2D eigenvalue weighted by Crippen LogP contribution is 2.31. The third-order valence-electron chi connectivity index (χ3n) is 7.95. The average Bonchev–Trinajstić information content (AvgIpc) is 3.48. The molecule has 1 atom stereocenters. The Morgan fingerprint density at radius 3 is 2.36 bits per heavy atom. The van der Waals surface area contributed by atoms with Gasteiger partial charge in [0.1, 0.15) is 11.4 Å². The first kappa shape index (κ1) is 31.6. The van der Waals surface area contributed by atoms with Gasteiger partial charge in [0, 0.05) is 34.3 Å². The summed E-state index contributed by atoms with van der Waals surface area (Å²) in [5.41, 5.74) is 3.60. The first-order valence-corrected chi connectivity index (χ1v) is 15.8. The number of nitrogens with one attached hydrogen (secondary N) is 3. The van der Waals surface area contributed by atoms with Crippen LogP contribution in [0.25, 0.3) is 0 Å². The molecule has 5 rings (SSSR count). The van der Waals surface area contributed by atoms with E-state index in [9.17, 15) is 9.59 Å². The van der Waals surface area contributed by atoms with Crippen molar-refractivity contribution >= 4 is 40.7 Å². The van der Waals surface area contributed by atoms with Crippen molar-refractivity contribution in [3.8, 4) is 11.6 Å². The first-order chi connectivity index (χ1) is 21.2. The van der Waals surface area contributed by atoms with Gasteiger partial charge in [-0.25, -0.2) is 0 Å². The van der Waals surface area contributed by atoms with Gasteiger partial charge in [0.15, 0.2) is 5.88 Å². The number of hydrogen-bond acceptors (Lipinski definition) is 4. The van der Waals surface area contributed by atoms with Crippen LogP contribution in [0.2, 0.25) is 10.0 Å². The summed E-state index contributed by atoms with van der Waals surface area (Å²) >= 11 is 12.2. The van der Waals surface area contributed by atoms with E-state index >= 15 is 0 Å². The van der Waals surface area contributed by atoms with Gasteiger partial charge in [0.25, 0.3) is 5.91 Å². The van der Waals surface area contributed by atoms with Gasteiger partial charge in [-0.05, 0) is 85.8 Å². The molecule has 44 heavy (non-hydrogen) atoms. The summed E-state index contributed by atoms with van der Waals surface area (Å²) in [6, 6.07) is 26.5. The predicted molar refractivity (Wildman–Crippen MR) is 177 cm³/mol. The van der Waals surface area contributed by atoms with Crippen LogP contribution in [0.5, 0.6) is 11.6 Å². The van der Waals surface area contributed by atoms with Crippen molar-refractivity contribution in [2.75, 3.05) is 25.0 Å². The Hall–Kier alpha value is -3.78. The minimum Gasteiger partial charge on any atom is -0.441 e. The molecule has 0 aliphatic carbocycles. The molecule has 0 spiro atoms. The summed E-state index contributed by atoms with van der Waals surface area (Å²) in [7, 11) is 0. The summed E-state index contributed by atoms with van der Waals surface area (Å²) in [5, 5.41) is 7.17. The minimum absolute atomic E-state index is 0.0324. The molecular formula is C35H38Cl2N4O3. The van der Waals surface area contributed by atoms with Gasteiger partial charge in [-0.1, -0.05) is 79.5 Å². The van der Waals surface area contributed by atoms with Crippen LogP contribution in [0.3, 0.4) is 0 Å². The smallest absolute Gasteiger partial charge is 0.268 e. The Morgan fingerprint density at radius 2 is 1.66 bits per heavy atom. The molecule has 7 nitrogen and oxygen atoms in total. The molecule has 0 bridgehead atoms. The number of benzene rings is 3. The fraction of sp³-hybridized carbons (Fsp3) is 0.314. The van der Waals surface area contributed by atoms with Gasteiger partial charge in [-0.2, -0.15) is 0 Å². The number of aromatic amines is 1. The van der Waals surface area contributed by atoms with Crippen LogP contribution in [0.1, 0.15) is 66.7 Å². The van der Waals surface area contributed by atoms with Crippen molar-refractivity contribution in [3.63, 3.8) is 0 Å². The van der Waals surface area contributed by atoms with E-state index in [0.29, 0.717) is 33.3 Å². The maximum absolute atomic E-state index is 13.3. The molecule has 9 heteroatoms. The number of halogens is 2. The van der Waals surface area contributed by atoms with E-state index in [0.717, 1.165) is 50.1 Å². The Balaban J connectivity index is 1.17. The third kappa shape index (κ3) is 8.65. The van der Waals surface area contributed by atoms with Crippen molar-refractivity contribution in [1.82, 2.24) is 15.2 Å². The molecule has 1 saturated heterocycles. The molecule has 1 fully saturated rings. The predicted octanol–water partition coefficient (Wildman–Crippen LogP) is 8.45. The lowest BCUT2D eigenvalue weighted by Crippen LogP contribution is -2.36. The van der Waals surface area contributed by atoms with Crippen LogP contribution < -0.4 is 15.4 Å². The second-order valence-electron chi connectivity index (χ2n) is 11.6. The number of aromatic nitrogens is 1. The van der Waals surface area contributed by atoms with Crippen molar-refractivity contribution in [2.45, 2.75) is 45.1 Å². The van der Waals surface area contributed by atoms with Crippen molar-refractivity contribution < 1.29 is 14.3 Å². The van der Waals surface area contributed by atoms with Crippen molar-refractivity contribution in [2.24, 2.45) is 5.92 Å². The molecule has 1 unspecified atom stereocenters. The Bertz CT molecular complexity index is 1540. The SMILES string of the molecule is CC(C)C(=O)Nc1cccc(C2CCN(CCC(NC(=O)c3ccc(Oc4cc(Cl)cc(Cl)c4)[nH]3)c3ccccc3)CC2)c1. The van der Waals surface area contributed by atoms with E-state index in [1.165, 1.54) is 5.56 Å². The molecule has 0 saturated carbocycles. The second-order valence-corrected chi connectivity index (χ2v) is 12.4. The van der Waals surface area contributed by atoms with Crippen LogP contribution in [-0.4, -0.2) is 41.3 Å². The van der Waals surface area contributed by atoms with Gasteiger partial charge in [-0.15, -0.1) is 0 Å². The second kappa shape index (κ2) is 14.8. The maximum atomic E-state index is 13.3. The van der Waals surface area contributed by atoms with Gasteiger partial charge in [-0.3, -0.25) is 9.59 Å². The lowest BCUT2D eigenvalue weighted by Gasteiger charge is -2.33. The molecule has 230 valence electrons.